The number of halogens is 2. The summed E-state index contributed by atoms with van der Waals surface area (Å²) >= 11 is 1.29. The Balaban J connectivity index is 1.33. The quantitative estimate of drug-likeness (QED) is 0.216. The molecule has 0 unspecified atom stereocenters. The molecule has 2 aromatic carbocycles. The highest BCUT2D eigenvalue weighted by Gasteiger charge is 2.53. The van der Waals surface area contributed by atoms with Crippen LogP contribution in [0.1, 0.15) is 12.1 Å². The molecule has 4 aromatic rings. The second-order valence-corrected chi connectivity index (χ2v) is 13.0. The van der Waals surface area contributed by atoms with E-state index in [1.807, 2.05) is 0 Å². The van der Waals surface area contributed by atoms with Crippen molar-refractivity contribution in [3.8, 4) is 22.5 Å². The minimum atomic E-state index is -0.790. The van der Waals surface area contributed by atoms with Crippen molar-refractivity contribution in [1.82, 2.24) is 30.0 Å². The van der Waals surface area contributed by atoms with E-state index in [2.05, 4.69) is 20.6 Å². The molecule has 270 valence electrons. The number of rotatable bonds is 13. The van der Waals surface area contributed by atoms with E-state index in [1.165, 1.54) is 43.1 Å². The van der Waals surface area contributed by atoms with Crippen molar-refractivity contribution in [2.75, 3.05) is 48.8 Å². The first-order valence-electron chi connectivity index (χ1n) is 15.9. The SMILES string of the molecule is COC[C@H]1O[C@@H](S[C@@H]2O[C@H](CO)[C@H](OC)[C@H](n3cc(-c4cccc(F)c4)nn3)[C@H]2OC)[C@H](OC)[C@@H](n2cc(-c3cccc(F)c3)nn2)[C@H]1OC. The molecule has 1 N–H and O–H groups in total. The minimum Gasteiger partial charge on any atom is -0.394 e. The van der Waals surface area contributed by atoms with Gasteiger partial charge in [-0.15, -0.1) is 10.2 Å². The molecule has 6 rings (SSSR count). The highest BCUT2D eigenvalue weighted by molar-refractivity contribution is 8.00. The lowest BCUT2D eigenvalue weighted by Crippen LogP contribution is -2.59. The monoisotopic (exact) mass is 718 g/mol. The lowest BCUT2D eigenvalue weighted by molar-refractivity contribution is -0.205. The summed E-state index contributed by atoms with van der Waals surface area (Å²) in [5.41, 5.74) is 0.561. The first-order valence-corrected chi connectivity index (χ1v) is 16.8. The molecular weight excluding hydrogens is 678 g/mol. The van der Waals surface area contributed by atoms with E-state index in [-0.39, 0.29) is 13.2 Å². The van der Waals surface area contributed by atoms with Crippen molar-refractivity contribution < 1.29 is 47.0 Å². The van der Waals surface area contributed by atoms with Crippen molar-refractivity contribution in [2.45, 2.75) is 59.6 Å². The molecule has 2 aliphatic rings. The van der Waals surface area contributed by atoms with E-state index in [1.54, 1.807) is 74.5 Å². The van der Waals surface area contributed by atoms with E-state index in [9.17, 15) is 13.9 Å². The first-order chi connectivity index (χ1) is 24.3. The molecule has 50 heavy (non-hydrogen) atoms. The van der Waals surface area contributed by atoms with Crippen LogP contribution in [0.15, 0.2) is 60.9 Å². The van der Waals surface area contributed by atoms with Gasteiger partial charge in [-0.05, 0) is 24.3 Å². The third-order valence-corrected chi connectivity index (χ3v) is 10.3. The summed E-state index contributed by atoms with van der Waals surface area (Å²) in [6, 6.07) is 11.0. The summed E-state index contributed by atoms with van der Waals surface area (Å²) in [6.07, 6.45) is -0.644. The fraction of sp³-hybridized carbons (Fsp3) is 0.515. The Kier molecular flexibility index (Phi) is 11.9. The summed E-state index contributed by atoms with van der Waals surface area (Å²) in [5, 5.41) is 27.9. The number of ether oxygens (including phenoxy) is 7. The smallest absolute Gasteiger partial charge is 0.134 e. The number of hydrogen-bond donors (Lipinski definition) is 1. The van der Waals surface area contributed by atoms with Gasteiger partial charge in [0, 0.05) is 46.7 Å². The third-order valence-electron chi connectivity index (χ3n) is 8.97. The van der Waals surface area contributed by atoms with Crippen LogP contribution in [-0.2, 0) is 33.2 Å². The van der Waals surface area contributed by atoms with Crippen molar-refractivity contribution in [1.29, 1.82) is 0 Å². The van der Waals surface area contributed by atoms with Gasteiger partial charge in [-0.25, -0.2) is 18.1 Å². The number of thioether (sulfide) groups is 1. The fourth-order valence-corrected chi connectivity index (χ4v) is 8.21. The van der Waals surface area contributed by atoms with Crippen LogP contribution >= 0.6 is 11.8 Å². The molecule has 2 aromatic heterocycles. The largest absolute Gasteiger partial charge is 0.394 e. The van der Waals surface area contributed by atoms with Crippen molar-refractivity contribution in [3.05, 3.63) is 72.6 Å². The predicted molar refractivity (Wildman–Crippen MR) is 176 cm³/mol. The highest BCUT2D eigenvalue weighted by Crippen LogP contribution is 2.45. The highest BCUT2D eigenvalue weighted by atomic mass is 32.2. The number of aliphatic hydroxyl groups excluding tert-OH is 1. The van der Waals surface area contributed by atoms with Crippen LogP contribution < -0.4 is 0 Å². The number of nitrogens with zero attached hydrogens (tertiary/aromatic N) is 6. The Morgan fingerprint density at radius 3 is 1.58 bits per heavy atom. The maximum Gasteiger partial charge on any atom is 0.134 e. The molecule has 4 heterocycles. The van der Waals surface area contributed by atoms with E-state index < -0.39 is 71.2 Å². The fourth-order valence-electron chi connectivity index (χ4n) is 6.68. The molecule has 0 amide bonds. The molecular formula is C33H40F2N6O8S. The van der Waals surface area contributed by atoms with Crippen LogP contribution in [0.2, 0.25) is 0 Å². The summed E-state index contributed by atoms with van der Waals surface area (Å²) < 4.78 is 73.9. The van der Waals surface area contributed by atoms with E-state index in [0.717, 1.165) is 0 Å². The minimum absolute atomic E-state index is 0.183. The Morgan fingerprint density at radius 1 is 0.700 bits per heavy atom. The van der Waals surface area contributed by atoms with Gasteiger partial charge >= 0.3 is 0 Å². The normalized spacial score (nSPS) is 30.1. The van der Waals surface area contributed by atoms with Gasteiger partial charge in [0.05, 0.1) is 25.6 Å². The molecule has 2 saturated heterocycles. The van der Waals surface area contributed by atoms with Gasteiger partial charge in [0.15, 0.2) is 0 Å². The summed E-state index contributed by atoms with van der Waals surface area (Å²) in [5.74, 6) is -0.794. The van der Waals surface area contributed by atoms with Crippen LogP contribution in [0.3, 0.4) is 0 Å². The molecule has 14 nitrogen and oxygen atoms in total. The topological polar surface area (TPSA) is 146 Å². The number of aliphatic hydroxyl groups is 1. The average Bonchev–Trinajstić information content (AvgIpc) is 3.82. The van der Waals surface area contributed by atoms with Gasteiger partial charge in [0.2, 0.25) is 0 Å². The molecule has 0 aliphatic carbocycles. The number of hydrogen-bond acceptors (Lipinski definition) is 13. The van der Waals surface area contributed by atoms with Crippen LogP contribution in [0, 0.1) is 11.6 Å². The molecule has 2 aliphatic heterocycles. The number of benzene rings is 2. The molecule has 2 fully saturated rings. The third kappa shape index (κ3) is 7.33. The van der Waals surface area contributed by atoms with Gasteiger partial charge in [-0.3, -0.25) is 0 Å². The average molecular weight is 719 g/mol. The van der Waals surface area contributed by atoms with Crippen LogP contribution in [0.4, 0.5) is 8.78 Å². The lowest BCUT2D eigenvalue weighted by atomic mass is 9.96. The van der Waals surface area contributed by atoms with Gasteiger partial charge in [-0.2, -0.15) is 0 Å². The Hall–Kier alpha value is -3.39. The first kappa shape index (κ1) is 36.4. The zero-order chi connectivity index (χ0) is 35.4. The van der Waals surface area contributed by atoms with Crippen LogP contribution in [0.25, 0.3) is 22.5 Å². The molecule has 0 radical (unpaired) electrons. The molecule has 0 spiro atoms. The molecule has 10 atom stereocenters. The summed E-state index contributed by atoms with van der Waals surface area (Å²) in [4.78, 5) is 0. The molecule has 0 bridgehead atoms. The predicted octanol–water partition coefficient (Wildman–Crippen LogP) is 3.15. The van der Waals surface area contributed by atoms with Crippen LogP contribution in [0.5, 0.6) is 0 Å². The van der Waals surface area contributed by atoms with Gasteiger partial charge in [0.1, 0.15) is 82.6 Å². The van der Waals surface area contributed by atoms with Crippen molar-refractivity contribution in [3.63, 3.8) is 0 Å². The second kappa shape index (κ2) is 16.3. The zero-order valence-corrected chi connectivity index (χ0v) is 28.9. The molecule has 0 saturated carbocycles. The summed E-state index contributed by atoms with van der Waals surface area (Å²) in [6.45, 7) is -0.182. The Bertz CT molecular complexity index is 1700. The number of aromatic nitrogens is 6. The Labute approximate surface area is 291 Å². The van der Waals surface area contributed by atoms with Gasteiger partial charge in [-0.1, -0.05) is 46.5 Å². The van der Waals surface area contributed by atoms with Crippen LogP contribution in [-0.4, -0.2) is 131 Å². The van der Waals surface area contributed by atoms with E-state index in [0.29, 0.717) is 22.5 Å². The van der Waals surface area contributed by atoms with Gasteiger partial charge < -0.3 is 38.3 Å². The second-order valence-electron chi connectivity index (χ2n) is 11.8. The summed E-state index contributed by atoms with van der Waals surface area (Å²) in [7, 11) is 7.75. The standard InChI is InChI=1S/C33H40F2N6O8S/c1-43-17-25-29(45-3)27(41-15-23(37-39-41)19-9-7-11-21(35)13-19)31(47-5)33(49-25)50-32-30(46-4)26(28(44-2)24(16-42)48-32)40-14-22(36-38-40)18-8-6-10-20(34)12-18/h6-15,24-33,42H,16-17H2,1-5H3/t24-,25-,26+,27+,28+,29+,30-,31-,32+,33+/m1/s1. The van der Waals surface area contributed by atoms with Gasteiger partial charge in [0.25, 0.3) is 0 Å². The molecule has 17 heteroatoms. The van der Waals surface area contributed by atoms with Crippen molar-refractivity contribution in [2.24, 2.45) is 0 Å². The lowest BCUT2D eigenvalue weighted by Gasteiger charge is -2.48. The zero-order valence-electron chi connectivity index (χ0n) is 28.1. The van der Waals surface area contributed by atoms with Crippen molar-refractivity contribution >= 4 is 11.8 Å². The van der Waals surface area contributed by atoms with E-state index in [4.69, 9.17) is 33.2 Å². The maximum absolute atomic E-state index is 14.1. The maximum atomic E-state index is 14.1. The number of methoxy groups -OCH3 is 5. The Morgan fingerprint density at radius 2 is 1.16 bits per heavy atom. The van der Waals surface area contributed by atoms with E-state index >= 15 is 0 Å².